The largest absolute Gasteiger partial charge is 0.479 e. The molecule has 1 saturated carbocycles. The van der Waals surface area contributed by atoms with Gasteiger partial charge in [0.05, 0.1) is 5.02 Å². The van der Waals surface area contributed by atoms with Crippen molar-refractivity contribution in [3.8, 4) is 5.75 Å². The van der Waals surface area contributed by atoms with Gasteiger partial charge in [-0.2, -0.15) is 0 Å². The van der Waals surface area contributed by atoms with Crippen LogP contribution in [0.4, 0.5) is 0 Å². The summed E-state index contributed by atoms with van der Waals surface area (Å²) in [5, 5.41) is 0.698. The third-order valence-corrected chi connectivity index (χ3v) is 6.25. The second kappa shape index (κ2) is 9.16. The van der Waals surface area contributed by atoms with E-state index in [1.54, 1.807) is 30.0 Å². The number of carbonyl (C=O) groups excluding carboxylic acids is 2. The Morgan fingerprint density at radius 2 is 1.74 bits per heavy atom. The molecule has 0 aromatic heterocycles. The van der Waals surface area contributed by atoms with E-state index in [0.717, 1.165) is 0 Å². The Bertz CT molecular complexity index is 684. The van der Waals surface area contributed by atoms with Crippen LogP contribution in [0.3, 0.4) is 0 Å². The quantitative estimate of drug-likeness (QED) is 0.733. The SMILES string of the molecule is CC(Oc1cccc(Cl)c1Cl)C(=O)N1CCN(C(=O)CC2CCCC2)CC1. The first-order valence-corrected chi connectivity index (χ1v) is 10.4. The summed E-state index contributed by atoms with van der Waals surface area (Å²) in [6.07, 6.45) is 4.82. The van der Waals surface area contributed by atoms with Gasteiger partial charge in [-0.15, -0.1) is 0 Å². The molecule has 1 saturated heterocycles. The second-order valence-corrected chi connectivity index (χ2v) is 8.16. The molecule has 0 N–H and O–H groups in total. The molecule has 0 spiro atoms. The van der Waals surface area contributed by atoms with Gasteiger partial charge in [0.15, 0.2) is 6.10 Å². The molecule has 1 aromatic rings. The minimum atomic E-state index is -0.665. The minimum Gasteiger partial charge on any atom is -0.479 e. The molecule has 1 unspecified atom stereocenters. The number of rotatable bonds is 5. The van der Waals surface area contributed by atoms with Crippen molar-refractivity contribution in [3.63, 3.8) is 0 Å². The number of nitrogens with zero attached hydrogens (tertiary/aromatic N) is 2. The van der Waals surface area contributed by atoms with Crippen LogP contribution >= 0.6 is 23.2 Å². The lowest BCUT2D eigenvalue weighted by Crippen LogP contribution is -2.53. The lowest BCUT2D eigenvalue weighted by atomic mass is 10.0. The van der Waals surface area contributed by atoms with E-state index in [0.29, 0.717) is 54.3 Å². The summed E-state index contributed by atoms with van der Waals surface area (Å²) in [6, 6.07) is 5.10. The number of carbonyl (C=O) groups is 2. The Kier molecular flexibility index (Phi) is 6.88. The summed E-state index contributed by atoms with van der Waals surface area (Å²) in [7, 11) is 0. The predicted octanol–water partition coefficient (Wildman–Crippen LogP) is 4.01. The Hall–Kier alpha value is -1.46. The van der Waals surface area contributed by atoms with Gasteiger partial charge in [0.25, 0.3) is 5.91 Å². The van der Waals surface area contributed by atoms with Crippen molar-refractivity contribution in [2.75, 3.05) is 26.2 Å². The topological polar surface area (TPSA) is 49.9 Å². The van der Waals surface area contributed by atoms with Gasteiger partial charge in [-0.05, 0) is 37.8 Å². The van der Waals surface area contributed by atoms with Gasteiger partial charge >= 0.3 is 0 Å². The monoisotopic (exact) mass is 412 g/mol. The fourth-order valence-corrected chi connectivity index (χ4v) is 4.18. The summed E-state index contributed by atoms with van der Waals surface area (Å²) in [4.78, 5) is 28.8. The van der Waals surface area contributed by atoms with Crippen molar-refractivity contribution < 1.29 is 14.3 Å². The number of hydrogen-bond donors (Lipinski definition) is 0. The molecular weight excluding hydrogens is 387 g/mol. The van der Waals surface area contributed by atoms with Crippen molar-refractivity contribution in [3.05, 3.63) is 28.2 Å². The highest BCUT2D eigenvalue weighted by Crippen LogP contribution is 2.32. The van der Waals surface area contributed by atoms with E-state index >= 15 is 0 Å². The number of halogens is 2. The number of hydrogen-bond acceptors (Lipinski definition) is 3. The van der Waals surface area contributed by atoms with Crippen molar-refractivity contribution in [1.82, 2.24) is 9.80 Å². The maximum atomic E-state index is 12.7. The van der Waals surface area contributed by atoms with Crippen LogP contribution in [0.25, 0.3) is 0 Å². The number of piperazine rings is 1. The molecule has 2 fully saturated rings. The molecule has 0 radical (unpaired) electrons. The Morgan fingerprint density at radius 3 is 2.41 bits per heavy atom. The Balaban J connectivity index is 1.48. The lowest BCUT2D eigenvalue weighted by molar-refractivity contribution is -0.144. The van der Waals surface area contributed by atoms with Crippen molar-refractivity contribution in [2.45, 2.75) is 45.1 Å². The maximum Gasteiger partial charge on any atom is 0.263 e. The van der Waals surface area contributed by atoms with Gasteiger partial charge in [0.1, 0.15) is 10.8 Å². The molecule has 5 nitrogen and oxygen atoms in total. The van der Waals surface area contributed by atoms with Crippen LogP contribution in [0.5, 0.6) is 5.75 Å². The first kappa shape index (κ1) is 20.3. The maximum absolute atomic E-state index is 12.7. The van der Waals surface area contributed by atoms with Gasteiger partial charge in [-0.3, -0.25) is 9.59 Å². The first-order valence-electron chi connectivity index (χ1n) is 9.63. The molecule has 3 rings (SSSR count). The van der Waals surface area contributed by atoms with Gasteiger partial charge in [-0.25, -0.2) is 0 Å². The fourth-order valence-electron chi connectivity index (χ4n) is 3.84. The second-order valence-electron chi connectivity index (χ2n) is 7.37. The zero-order chi connectivity index (χ0) is 19.4. The van der Waals surface area contributed by atoms with E-state index in [1.807, 2.05) is 4.90 Å². The normalized spacial score (nSPS) is 19.2. The van der Waals surface area contributed by atoms with E-state index in [9.17, 15) is 9.59 Å². The molecule has 1 aliphatic carbocycles. The van der Waals surface area contributed by atoms with Crippen LogP contribution < -0.4 is 4.74 Å². The molecule has 148 valence electrons. The third kappa shape index (κ3) is 5.08. The van der Waals surface area contributed by atoms with Gasteiger partial charge in [-0.1, -0.05) is 42.1 Å². The summed E-state index contributed by atoms with van der Waals surface area (Å²) in [6.45, 7) is 3.94. The van der Waals surface area contributed by atoms with E-state index in [1.165, 1.54) is 25.7 Å². The molecule has 2 aliphatic rings. The molecule has 0 bridgehead atoms. The molecule has 27 heavy (non-hydrogen) atoms. The Morgan fingerprint density at radius 1 is 1.11 bits per heavy atom. The highest BCUT2D eigenvalue weighted by atomic mass is 35.5. The third-order valence-electron chi connectivity index (χ3n) is 5.45. The van der Waals surface area contributed by atoms with Crippen molar-refractivity contribution >= 4 is 35.0 Å². The fraction of sp³-hybridized carbons (Fsp3) is 0.600. The average molecular weight is 413 g/mol. The number of benzene rings is 1. The summed E-state index contributed by atoms with van der Waals surface area (Å²) in [5.74, 6) is 1.07. The zero-order valence-corrected chi connectivity index (χ0v) is 17.1. The minimum absolute atomic E-state index is 0.103. The van der Waals surface area contributed by atoms with Crippen LogP contribution in [0.2, 0.25) is 10.0 Å². The van der Waals surface area contributed by atoms with E-state index in [-0.39, 0.29) is 11.8 Å². The lowest BCUT2D eigenvalue weighted by Gasteiger charge is -2.36. The molecule has 1 heterocycles. The molecule has 2 amide bonds. The number of ether oxygens (including phenoxy) is 1. The van der Waals surface area contributed by atoms with Gasteiger partial charge < -0.3 is 14.5 Å². The first-order chi connectivity index (χ1) is 13.0. The van der Waals surface area contributed by atoms with Crippen LogP contribution in [0.1, 0.15) is 39.0 Å². The Labute approximate surface area is 170 Å². The van der Waals surface area contributed by atoms with Crippen LogP contribution in [-0.4, -0.2) is 53.9 Å². The molecule has 1 atom stereocenters. The van der Waals surface area contributed by atoms with E-state index in [2.05, 4.69) is 0 Å². The van der Waals surface area contributed by atoms with Crippen LogP contribution in [0.15, 0.2) is 18.2 Å². The highest BCUT2D eigenvalue weighted by Gasteiger charge is 2.29. The molecular formula is C20H26Cl2N2O3. The summed E-state index contributed by atoms with van der Waals surface area (Å²) < 4.78 is 5.72. The van der Waals surface area contributed by atoms with Crippen LogP contribution in [-0.2, 0) is 9.59 Å². The standard InChI is InChI=1S/C20H26Cl2N2O3/c1-14(27-17-8-4-7-16(21)19(17)22)20(26)24-11-9-23(10-12-24)18(25)13-15-5-2-3-6-15/h4,7-8,14-15H,2-3,5-6,9-13H2,1H3. The summed E-state index contributed by atoms with van der Waals surface area (Å²) in [5.41, 5.74) is 0. The van der Waals surface area contributed by atoms with Gasteiger partial charge in [0.2, 0.25) is 5.91 Å². The highest BCUT2D eigenvalue weighted by molar-refractivity contribution is 6.42. The van der Waals surface area contributed by atoms with Gasteiger partial charge in [0, 0.05) is 32.6 Å². The smallest absolute Gasteiger partial charge is 0.263 e. The molecule has 1 aliphatic heterocycles. The molecule has 7 heteroatoms. The number of amides is 2. The van der Waals surface area contributed by atoms with E-state index in [4.69, 9.17) is 27.9 Å². The summed E-state index contributed by atoms with van der Waals surface area (Å²) >= 11 is 12.1. The van der Waals surface area contributed by atoms with E-state index < -0.39 is 6.10 Å². The van der Waals surface area contributed by atoms with Crippen molar-refractivity contribution in [2.24, 2.45) is 5.92 Å². The zero-order valence-electron chi connectivity index (χ0n) is 15.6. The molecule has 1 aromatic carbocycles. The van der Waals surface area contributed by atoms with Crippen molar-refractivity contribution in [1.29, 1.82) is 0 Å². The van der Waals surface area contributed by atoms with Crippen LogP contribution in [0, 0.1) is 5.92 Å². The predicted molar refractivity (Wildman–Crippen MR) is 106 cm³/mol. The average Bonchev–Trinajstić information content (AvgIpc) is 3.18.